The summed E-state index contributed by atoms with van der Waals surface area (Å²) in [6.07, 6.45) is 4.63. The Balaban J connectivity index is 2.92. The van der Waals surface area contributed by atoms with Crippen LogP contribution in [-0.2, 0) is 19.9 Å². The molecule has 0 spiro atoms. The first kappa shape index (κ1) is 10.3. The highest BCUT2D eigenvalue weighted by Crippen LogP contribution is 2.12. The molecule has 2 heteroatoms. The van der Waals surface area contributed by atoms with E-state index in [9.17, 15) is 0 Å². The van der Waals surface area contributed by atoms with Gasteiger partial charge in [0.15, 0.2) is 0 Å². The van der Waals surface area contributed by atoms with Gasteiger partial charge in [0, 0.05) is 19.2 Å². The van der Waals surface area contributed by atoms with Crippen LogP contribution in [0.2, 0.25) is 0 Å². The zero-order chi connectivity index (χ0) is 9.84. The smallest absolute Gasteiger partial charge is 0.108 e. The lowest BCUT2D eigenvalue weighted by Gasteiger charge is -2.03. The molecule has 0 aromatic carbocycles. The summed E-state index contributed by atoms with van der Waals surface area (Å²) >= 11 is 0. The maximum Gasteiger partial charge on any atom is 0.108 e. The summed E-state index contributed by atoms with van der Waals surface area (Å²) in [6, 6.07) is 0. The number of aryl methyl sites for hydroxylation is 2. The van der Waals surface area contributed by atoms with Crippen LogP contribution >= 0.6 is 0 Å². The SMILES string of the molecule is CCCc1nc(C)c(CCC)n1C. The molecule has 2 nitrogen and oxygen atoms in total. The summed E-state index contributed by atoms with van der Waals surface area (Å²) in [5.74, 6) is 1.24. The molecule has 0 N–H and O–H groups in total. The minimum absolute atomic E-state index is 1.10. The summed E-state index contributed by atoms with van der Waals surface area (Å²) in [4.78, 5) is 4.58. The highest BCUT2D eigenvalue weighted by Gasteiger charge is 2.08. The third-order valence-corrected chi connectivity index (χ3v) is 2.47. The summed E-state index contributed by atoms with van der Waals surface area (Å²) < 4.78 is 2.27. The Bertz CT molecular complexity index is 274. The van der Waals surface area contributed by atoms with Gasteiger partial charge in [-0.25, -0.2) is 4.98 Å². The average molecular weight is 180 g/mol. The van der Waals surface area contributed by atoms with Crippen molar-refractivity contribution in [3.63, 3.8) is 0 Å². The van der Waals surface area contributed by atoms with Crippen LogP contribution in [0.4, 0.5) is 0 Å². The number of aromatic nitrogens is 2. The minimum atomic E-state index is 1.10. The monoisotopic (exact) mass is 180 g/mol. The Morgan fingerprint density at radius 3 is 2.31 bits per heavy atom. The Morgan fingerprint density at radius 2 is 1.77 bits per heavy atom. The number of hydrogen-bond donors (Lipinski definition) is 0. The first-order valence-electron chi connectivity index (χ1n) is 5.21. The van der Waals surface area contributed by atoms with Gasteiger partial charge in [0.2, 0.25) is 0 Å². The van der Waals surface area contributed by atoms with E-state index in [2.05, 4.69) is 37.4 Å². The molecule has 0 amide bonds. The number of nitrogens with zero attached hydrogens (tertiary/aromatic N) is 2. The van der Waals surface area contributed by atoms with E-state index in [4.69, 9.17) is 0 Å². The fourth-order valence-corrected chi connectivity index (χ4v) is 1.76. The van der Waals surface area contributed by atoms with Crippen LogP contribution in [-0.4, -0.2) is 9.55 Å². The largest absolute Gasteiger partial charge is 0.335 e. The van der Waals surface area contributed by atoms with E-state index in [1.165, 1.54) is 30.1 Å². The molecule has 0 saturated heterocycles. The van der Waals surface area contributed by atoms with Crippen molar-refractivity contribution >= 4 is 0 Å². The van der Waals surface area contributed by atoms with Crippen LogP contribution in [0.5, 0.6) is 0 Å². The van der Waals surface area contributed by atoms with Gasteiger partial charge >= 0.3 is 0 Å². The first-order valence-corrected chi connectivity index (χ1v) is 5.21. The molecule has 13 heavy (non-hydrogen) atoms. The molecule has 0 atom stereocenters. The zero-order valence-corrected chi connectivity index (χ0v) is 9.22. The maximum absolute atomic E-state index is 4.58. The maximum atomic E-state index is 4.58. The van der Waals surface area contributed by atoms with Gasteiger partial charge in [0.1, 0.15) is 5.82 Å². The molecule has 0 unspecified atom stereocenters. The molecule has 1 aromatic heterocycles. The van der Waals surface area contributed by atoms with E-state index < -0.39 is 0 Å². The summed E-state index contributed by atoms with van der Waals surface area (Å²) in [6.45, 7) is 6.53. The van der Waals surface area contributed by atoms with Crippen LogP contribution in [0, 0.1) is 6.92 Å². The van der Waals surface area contributed by atoms with Crippen molar-refractivity contribution in [1.82, 2.24) is 9.55 Å². The van der Waals surface area contributed by atoms with Crippen molar-refractivity contribution in [2.24, 2.45) is 7.05 Å². The van der Waals surface area contributed by atoms with Gasteiger partial charge in [-0.3, -0.25) is 0 Å². The molecule has 0 radical (unpaired) electrons. The summed E-state index contributed by atoms with van der Waals surface area (Å²) in [5.41, 5.74) is 2.62. The van der Waals surface area contributed by atoms with Crippen molar-refractivity contribution < 1.29 is 0 Å². The van der Waals surface area contributed by atoms with Crippen LogP contribution in [0.3, 0.4) is 0 Å². The van der Waals surface area contributed by atoms with Gasteiger partial charge in [-0.1, -0.05) is 20.3 Å². The molecule has 0 fully saturated rings. The second kappa shape index (κ2) is 4.45. The van der Waals surface area contributed by atoms with Crippen LogP contribution in [0.1, 0.15) is 43.9 Å². The van der Waals surface area contributed by atoms with Gasteiger partial charge in [-0.2, -0.15) is 0 Å². The molecule has 1 heterocycles. The molecule has 0 saturated carbocycles. The van der Waals surface area contributed by atoms with E-state index in [-0.39, 0.29) is 0 Å². The molecule has 1 aromatic rings. The van der Waals surface area contributed by atoms with Gasteiger partial charge < -0.3 is 4.57 Å². The minimum Gasteiger partial charge on any atom is -0.335 e. The molecule has 0 aliphatic rings. The van der Waals surface area contributed by atoms with E-state index in [0.717, 1.165) is 12.8 Å². The van der Waals surface area contributed by atoms with Crippen molar-refractivity contribution in [3.8, 4) is 0 Å². The standard InChI is InChI=1S/C11H20N2/c1-5-7-10-9(3)12-11(8-6-2)13(10)4/h5-8H2,1-4H3. The topological polar surface area (TPSA) is 17.8 Å². The average Bonchev–Trinajstić information content (AvgIpc) is 2.34. The number of imidazole rings is 1. The van der Waals surface area contributed by atoms with E-state index in [1.54, 1.807) is 0 Å². The summed E-state index contributed by atoms with van der Waals surface area (Å²) in [5, 5.41) is 0. The number of hydrogen-bond acceptors (Lipinski definition) is 1. The van der Waals surface area contributed by atoms with Crippen molar-refractivity contribution in [2.75, 3.05) is 0 Å². The third-order valence-electron chi connectivity index (χ3n) is 2.47. The quantitative estimate of drug-likeness (QED) is 0.696. The van der Waals surface area contributed by atoms with Crippen LogP contribution < -0.4 is 0 Å². The molecular weight excluding hydrogens is 160 g/mol. The highest BCUT2D eigenvalue weighted by molar-refractivity contribution is 5.15. The molecule has 0 bridgehead atoms. The molecule has 0 aliphatic carbocycles. The fraction of sp³-hybridized carbons (Fsp3) is 0.727. The molecule has 0 aliphatic heterocycles. The zero-order valence-electron chi connectivity index (χ0n) is 9.22. The first-order chi connectivity index (χ1) is 6.20. The lowest BCUT2D eigenvalue weighted by molar-refractivity contribution is 0.715. The molecule has 74 valence electrons. The lowest BCUT2D eigenvalue weighted by Crippen LogP contribution is -2.01. The predicted octanol–water partition coefficient (Wildman–Crippen LogP) is 2.63. The second-order valence-corrected chi connectivity index (χ2v) is 3.62. The second-order valence-electron chi connectivity index (χ2n) is 3.62. The van der Waals surface area contributed by atoms with Crippen molar-refractivity contribution in [2.45, 2.75) is 46.5 Å². The Hall–Kier alpha value is -0.790. The third kappa shape index (κ3) is 2.11. The van der Waals surface area contributed by atoms with Gasteiger partial charge in [-0.15, -0.1) is 0 Å². The highest BCUT2D eigenvalue weighted by atomic mass is 15.1. The Labute approximate surface area is 81.0 Å². The van der Waals surface area contributed by atoms with Gasteiger partial charge in [0.05, 0.1) is 5.69 Å². The van der Waals surface area contributed by atoms with E-state index >= 15 is 0 Å². The molecular formula is C11H20N2. The van der Waals surface area contributed by atoms with Crippen LogP contribution in [0.15, 0.2) is 0 Å². The fourth-order valence-electron chi connectivity index (χ4n) is 1.76. The van der Waals surface area contributed by atoms with Gasteiger partial charge in [0.25, 0.3) is 0 Å². The Kier molecular flexibility index (Phi) is 3.52. The number of rotatable bonds is 4. The van der Waals surface area contributed by atoms with E-state index in [0.29, 0.717) is 0 Å². The van der Waals surface area contributed by atoms with Crippen molar-refractivity contribution in [1.29, 1.82) is 0 Å². The summed E-state index contributed by atoms with van der Waals surface area (Å²) in [7, 11) is 2.13. The predicted molar refractivity (Wildman–Crippen MR) is 55.9 cm³/mol. The van der Waals surface area contributed by atoms with E-state index in [1.807, 2.05) is 0 Å². The Morgan fingerprint density at radius 1 is 1.15 bits per heavy atom. The van der Waals surface area contributed by atoms with Crippen molar-refractivity contribution in [3.05, 3.63) is 17.2 Å². The van der Waals surface area contributed by atoms with Crippen LogP contribution in [0.25, 0.3) is 0 Å². The molecule has 1 rings (SSSR count). The van der Waals surface area contributed by atoms with Gasteiger partial charge in [-0.05, 0) is 19.8 Å². The lowest BCUT2D eigenvalue weighted by atomic mass is 10.2. The normalized spacial score (nSPS) is 10.8.